The van der Waals surface area contributed by atoms with E-state index < -0.39 is 0 Å². The zero-order chi connectivity index (χ0) is 31.6. The van der Waals surface area contributed by atoms with Gasteiger partial charge in [-0.2, -0.15) is 5.10 Å². The molecule has 0 bridgehead atoms. The summed E-state index contributed by atoms with van der Waals surface area (Å²) in [5, 5.41) is 7.97. The third-order valence-electron chi connectivity index (χ3n) is 7.62. The normalized spacial score (nSPS) is 12.8. The summed E-state index contributed by atoms with van der Waals surface area (Å²) < 4.78 is 13.0. The van der Waals surface area contributed by atoms with Gasteiger partial charge in [0.15, 0.2) is 12.2 Å². The molecule has 0 fully saturated rings. The highest BCUT2D eigenvalue weighted by atomic mass is 16.5. The fourth-order valence-electron chi connectivity index (χ4n) is 5.57. The number of nitrogens with one attached hydrogen (secondary N) is 1. The van der Waals surface area contributed by atoms with Gasteiger partial charge in [-0.15, -0.1) is 0 Å². The van der Waals surface area contributed by atoms with Crippen molar-refractivity contribution in [2.45, 2.75) is 13.3 Å². The third-order valence-corrected chi connectivity index (χ3v) is 7.62. The first-order valence-corrected chi connectivity index (χ1v) is 14.7. The minimum absolute atomic E-state index is 0.0963. The molecule has 0 atom stereocenters. The highest BCUT2D eigenvalue weighted by Gasteiger charge is 2.19. The summed E-state index contributed by atoms with van der Waals surface area (Å²) in [6.07, 6.45) is 10.6. The molecule has 0 saturated heterocycles. The lowest BCUT2D eigenvalue weighted by Gasteiger charge is -2.15. The number of nitrogens with zero attached hydrogens (tertiary/aromatic N) is 4. The number of oxazole rings is 1. The molecule has 8 heteroatoms. The Labute approximate surface area is 265 Å². The summed E-state index contributed by atoms with van der Waals surface area (Å²) in [5.74, 6) is 1.57. The molecule has 1 aliphatic rings. The first kappa shape index (κ1) is 28.5. The van der Waals surface area contributed by atoms with Crippen LogP contribution < -0.4 is 5.32 Å². The van der Waals surface area contributed by atoms with Gasteiger partial charge in [-0.05, 0) is 78.2 Å². The second kappa shape index (κ2) is 12.0. The number of ether oxygens (including phenoxy) is 1. The van der Waals surface area contributed by atoms with Crippen molar-refractivity contribution in [2.24, 2.45) is 0 Å². The highest BCUT2D eigenvalue weighted by molar-refractivity contribution is 5.96. The Kier molecular flexibility index (Phi) is 7.44. The van der Waals surface area contributed by atoms with E-state index in [0.717, 1.165) is 55.9 Å². The Morgan fingerprint density at radius 1 is 0.957 bits per heavy atom. The Morgan fingerprint density at radius 3 is 2.67 bits per heavy atom. The van der Waals surface area contributed by atoms with E-state index in [2.05, 4.69) is 28.4 Å². The number of allylic oxidation sites excluding steroid dienone is 3. The largest absolute Gasteiger partial charge is 0.462 e. The van der Waals surface area contributed by atoms with E-state index in [9.17, 15) is 4.79 Å². The van der Waals surface area contributed by atoms with Crippen LogP contribution in [0.3, 0.4) is 0 Å². The summed E-state index contributed by atoms with van der Waals surface area (Å²) in [7, 11) is 0. The summed E-state index contributed by atoms with van der Waals surface area (Å²) in [6.45, 7) is 10.2. The lowest BCUT2D eigenvalue weighted by Crippen LogP contribution is -2.14. The second-order valence-electron chi connectivity index (χ2n) is 11.0. The van der Waals surface area contributed by atoms with E-state index in [1.54, 1.807) is 12.4 Å². The van der Waals surface area contributed by atoms with Crippen molar-refractivity contribution in [1.82, 2.24) is 19.6 Å². The molecule has 1 amide bonds. The molecule has 2 aromatic carbocycles. The van der Waals surface area contributed by atoms with E-state index in [4.69, 9.17) is 14.3 Å². The zero-order valence-electron chi connectivity index (χ0n) is 25.1. The number of carbonyl (C=O) groups is 1. The van der Waals surface area contributed by atoms with E-state index in [-0.39, 0.29) is 12.3 Å². The van der Waals surface area contributed by atoms with Gasteiger partial charge < -0.3 is 14.5 Å². The Bertz CT molecular complexity index is 2200. The molecular weight excluding hydrogens is 574 g/mol. The van der Waals surface area contributed by atoms with Crippen LogP contribution in [0.4, 0.5) is 5.69 Å². The molecule has 0 aliphatic carbocycles. The number of amides is 1. The summed E-state index contributed by atoms with van der Waals surface area (Å²) >= 11 is 0. The first-order valence-electron chi connectivity index (χ1n) is 14.7. The van der Waals surface area contributed by atoms with Gasteiger partial charge in [0.1, 0.15) is 17.2 Å². The van der Waals surface area contributed by atoms with Crippen molar-refractivity contribution in [1.29, 1.82) is 0 Å². The van der Waals surface area contributed by atoms with E-state index in [1.165, 1.54) is 6.39 Å². The number of rotatable bonds is 8. The van der Waals surface area contributed by atoms with Crippen LogP contribution in [0.1, 0.15) is 24.6 Å². The van der Waals surface area contributed by atoms with Crippen molar-refractivity contribution in [3.8, 4) is 33.7 Å². The van der Waals surface area contributed by atoms with Gasteiger partial charge in [0.2, 0.25) is 5.91 Å². The van der Waals surface area contributed by atoms with Gasteiger partial charge in [0.05, 0.1) is 23.8 Å². The average Bonchev–Trinajstić information content (AvgIpc) is 3.73. The van der Waals surface area contributed by atoms with Crippen LogP contribution in [-0.2, 0) is 9.53 Å². The van der Waals surface area contributed by atoms with Crippen molar-refractivity contribution in [2.75, 3.05) is 5.32 Å². The number of aromatic nitrogens is 4. The molecule has 0 saturated carbocycles. The van der Waals surface area contributed by atoms with Crippen LogP contribution in [0.15, 0.2) is 151 Å². The fraction of sp³-hybridized carbons (Fsp3) is 0.0526. The smallest absolute Gasteiger partial charge is 0.231 e. The first-order chi connectivity index (χ1) is 22.4. The van der Waals surface area contributed by atoms with Gasteiger partial charge >= 0.3 is 0 Å². The van der Waals surface area contributed by atoms with Gasteiger partial charge in [-0.1, -0.05) is 49.6 Å². The molecule has 5 heterocycles. The lowest BCUT2D eigenvalue weighted by atomic mass is 9.96. The second-order valence-corrected chi connectivity index (χ2v) is 11.0. The molecule has 7 rings (SSSR count). The predicted octanol–water partition coefficient (Wildman–Crippen LogP) is 8.48. The number of anilines is 1. The molecule has 8 nitrogen and oxygen atoms in total. The van der Waals surface area contributed by atoms with Crippen LogP contribution in [0, 0.1) is 0 Å². The zero-order valence-corrected chi connectivity index (χ0v) is 25.1. The average molecular weight is 604 g/mol. The number of hydrogen-bond donors (Lipinski definition) is 1. The molecule has 0 unspecified atom stereocenters. The molecular formula is C38H29N5O3. The van der Waals surface area contributed by atoms with Crippen molar-refractivity contribution in [3.05, 3.63) is 158 Å². The topological polar surface area (TPSA) is 94.6 Å². The number of fused-ring (bicyclic) bond motifs is 1. The van der Waals surface area contributed by atoms with E-state index in [1.807, 2.05) is 109 Å². The van der Waals surface area contributed by atoms with Crippen LogP contribution in [0.25, 0.3) is 44.8 Å². The molecule has 6 aromatic rings. The summed E-state index contributed by atoms with van der Waals surface area (Å²) in [5.41, 5.74) is 9.43. The molecule has 1 N–H and O–H groups in total. The molecule has 1 aliphatic heterocycles. The molecule has 4 aromatic heterocycles. The third kappa shape index (κ3) is 5.79. The fourth-order valence-corrected chi connectivity index (χ4v) is 5.57. The van der Waals surface area contributed by atoms with Crippen molar-refractivity contribution in [3.63, 3.8) is 0 Å². The Balaban J connectivity index is 1.21. The van der Waals surface area contributed by atoms with E-state index >= 15 is 0 Å². The molecule has 46 heavy (non-hydrogen) atoms. The maximum absolute atomic E-state index is 13.0. The van der Waals surface area contributed by atoms with Gasteiger partial charge in [0, 0.05) is 40.3 Å². The van der Waals surface area contributed by atoms with Gasteiger partial charge in [-0.25, -0.2) is 9.50 Å². The monoisotopic (exact) mass is 603 g/mol. The maximum Gasteiger partial charge on any atom is 0.231 e. The minimum Gasteiger partial charge on any atom is -0.462 e. The predicted molar refractivity (Wildman–Crippen MR) is 179 cm³/mol. The molecule has 224 valence electrons. The Morgan fingerprint density at radius 2 is 1.83 bits per heavy atom. The van der Waals surface area contributed by atoms with Crippen LogP contribution >= 0.6 is 0 Å². The highest BCUT2D eigenvalue weighted by Crippen LogP contribution is 2.37. The number of benzene rings is 2. The van der Waals surface area contributed by atoms with Crippen molar-refractivity contribution < 1.29 is 13.9 Å². The number of pyridine rings is 2. The van der Waals surface area contributed by atoms with Crippen LogP contribution in [0.5, 0.6) is 0 Å². The summed E-state index contributed by atoms with van der Waals surface area (Å²) in [4.78, 5) is 21.7. The molecule has 0 radical (unpaired) electrons. The number of carbonyl (C=O) groups excluding carboxylic acids is 1. The minimum atomic E-state index is -0.189. The standard InChI is InChI=1S/C38H29N5O3/c1-24-16-25(2)46-32(17-24)21-36(44)41-31-11-7-10-30(19-31)38-37(34-12-4-5-15-43(34)42-38)29-13-14-40-33(20-29)26(3)27-8-6-9-28(18-27)35-22-39-23-45-35/h4-20,22-23H,2-3,21H2,1H3,(H,41,44). The SMILES string of the molecule is C=C1C=C(C)C=C(CC(=O)Nc2cccc(-c3nn4ccccc4c3-c3ccnc(C(=C)c4cccc(-c5cnco5)c4)c3)c2)O1. The summed E-state index contributed by atoms with van der Waals surface area (Å²) in [6, 6.07) is 25.6. The quantitative estimate of drug-likeness (QED) is 0.188. The number of hydrogen-bond acceptors (Lipinski definition) is 6. The lowest BCUT2D eigenvalue weighted by molar-refractivity contribution is -0.116. The molecule has 0 spiro atoms. The van der Waals surface area contributed by atoms with Crippen LogP contribution in [0.2, 0.25) is 0 Å². The van der Waals surface area contributed by atoms with Gasteiger partial charge in [-0.3, -0.25) is 9.78 Å². The van der Waals surface area contributed by atoms with Crippen molar-refractivity contribution >= 4 is 22.7 Å². The maximum atomic E-state index is 13.0. The Hall–Kier alpha value is -6.28. The van der Waals surface area contributed by atoms with E-state index in [0.29, 0.717) is 23.0 Å². The van der Waals surface area contributed by atoms with Gasteiger partial charge in [0.25, 0.3) is 0 Å². The van der Waals surface area contributed by atoms with Crippen LogP contribution in [-0.4, -0.2) is 25.5 Å².